The van der Waals surface area contributed by atoms with Gasteiger partial charge >= 0.3 is 6.18 Å². The number of para-hydroxylation sites is 1. The van der Waals surface area contributed by atoms with Gasteiger partial charge in [-0.1, -0.05) is 29.8 Å². The fourth-order valence-corrected chi connectivity index (χ4v) is 4.01. The quantitative estimate of drug-likeness (QED) is 0.671. The Morgan fingerprint density at radius 1 is 1.00 bits per heavy atom. The van der Waals surface area contributed by atoms with E-state index in [9.17, 15) is 13.2 Å². The summed E-state index contributed by atoms with van der Waals surface area (Å²) in [5, 5.41) is 4.54. The van der Waals surface area contributed by atoms with Gasteiger partial charge in [-0.2, -0.15) is 13.2 Å². The van der Waals surface area contributed by atoms with Crippen LogP contribution in [0.2, 0.25) is 5.02 Å². The monoisotopic (exact) mass is 405 g/mol. The number of hydrogen-bond donors (Lipinski definition) is 1. The van der Waals surface area contributed by atoms with E-state index in [-0.39, 0.29) is 6.04 Å². The maximum Gasteiger partial charge on any atom is 0.416 e. The molecule has 0 bridgehead atoms. The molecule has 1 atom stereocenters. The first-order chi connectivity index (χ1) is 13.4. The number of nitrogens with zero attached hydrogens (tertiary/aromatic N) is 2. The van der Waals surface area contributed by atoms with Crippen LogP contribution >= 0.6 is 11.6 Å². The lowest BCUT2D eigenvalue weighted by atomic mass is 9.92. The fraction of sp³-hybridized carbons (Fsp3) is 0.286. The first-order valence-corrected chi connectivity index (χ1v) is 9.48. The Balaban J connectivity index is 1.92. The average Bonchev–Trinajstić information content (AvgIpc) is 2.70. The van der Waals surface area contributed by atoms with Crippen LogP contribution in [0.25, 0.3) is 10.9 Å². The van der Waals surface area contributed by atoms with Crippen LogP contribution in [-0.4, -0.2) is 36.1 Å². The van der Waals surface area contributed by atoms with Gasteiger partial charge < -0.3 is 5.32 Å². The highest BCUT2D eigenvalue weighted by atomic mass is 35.5. The van der Waals surface area contributed by atoms with Gasteiger partial charge in [0.2, 0.25) is 0 Å². The van der Waals surface area contributed by atoms with Gasteiger partial charge in [-0.3, -0.25) is 9.88 Å². The molecular formula is C21H19ClF3N3. The van der Waals surface area contributed by atoms with E-state index in [1.54, 1.807) is 6.20 Å². The minimum absolute atomic E-state index is 0.331. The predicted octanol–water partition coefficient (Wildman–Crippen LogP) is 4.90. The highest BCUT2D eigenvalue weighted by Crippen LogP contribution is 2.39. The van der Waals surface area contributed by atoms with E-state index in [0.29, 0.717) is 23.7 Å². The van der Waals surface area contributed by atoms with Gasteiger partial charge in [-0.15, -0.1) is 0 Å². The number of aromatic nitrogens is 1. The van der Waals surface area contributed by atoms with Crippen molar-refractivity contribution in [2.45, 2.75) is 12.2 Å². The van der Waals surface area contributed by atoms with Crippen molar-refractivity contribution in [1.29, 1.82) is 0 Å². The zero-order chi connectivity index (χ0) is 19.7. The number of alkyl halides is 3. The number of rotatable bonds is 3. The molecule has 7 heteroatoms. The second-order valence-corrected chi connectivity index (χ2v) is 7.25. The third-order valence-electron chi connectivity index (χ3n) is 5.11. The molecular weight excluding hydrogens is 387 g/mol. The number of benzene rings is 2. The molecule has 3 aromatic rings. The van der Waals surface area contributed by atoms with Crippen LogP contribution < -0.4 is 5.32 Å². The Bertz CT molecular complexity index is 979. The van der Waals surface area contributed by atoms with Gasteiger partial charge in [0.05, 0.1) is 17.1 Å². The van der Waals surface area contributed by atoms with Crippen molar-refractivity contribution in [1.82, 2.24) is 15.2 Å². The second kappa shape index (κ2) is 7.70. The third kappa shape index (κ3) is 3.72. The molecule has 3 nitrogen and oxygen atoms in total. The number of piperazine rings is 1. The summed E-state index contributed by atoms with van der Waals surface area (Å²) in [6, 6.07) is 12.7. The van der Waals surface area contributed by atoms with Crippen LogP contribution in [0.1, 0.15) is 22.7 Å². The van der Waals surface area contributed by atoms with Gasteiger partial charge in [0.25, 0.3) is 0 Å². The molecule has 4 rings (SSSR count). The molecule has 2 aromatic carbocycles. The molecule has 0 aliphatic carbocycles. The SMILES string of the molecule is FC(F)(F)c1ccc(Cl)c(C(c2ccnc3ccccc23)N2CCNCC2)c1. The summed E-state index contributed by atoms with van der Waals surface area (Å²) in [7, 11) is 0. The summed E-state index contributed by atoms with van der Waals surface area (Å²) < 4.78 is 40.2. The molecule has 1 unspecified atom stereocenters. The van der Waals surface area contributed by atoms with Crippen molar-refractivity contribution in [3.63, 3.8) is 0 Å². The highest BCUT2D eigenvalue weighted by Gasteiger charge is 2.34. The first kappa shape index (κ1) is 19.2. The standard InChI is InChI=1S/C21H19ClF3N3/c22-18-6-5-14(21(23,24)25)13-17(18)20(28-11-9-26-10-12-28)16-7-8-27-19-4-2-1-3-15(16)19/h1-8,13,20,26H,9-12H2. The predicted molar refractivity (Wildman–Crippen MR) is 104 cm³/mol. The lowest BCUT2D eigenvalue weighted by molar-refractivity contribution is -0.137. The topological polar surface area (TPSA) is 28.2 Å². The number of nitrogens with one attached hydrogen (secondary N) is 1. The van der Waals surface area contributed by atoms with Gasteiger partial charge in [-0.25, -0.2) is 0 Å². The van der Waals surface area contributed by atoms with Crippen LogP contribution in [0.4, 0.5) is 13.2 Å². The molecule has 0 spiro atoms. The Hall–Kier alpha value is -2.15. The number of hydrogen-bond acceptors (Lipinski definition) is 3. The summed E-state index contributed by atoms with van der Waals surface area (Å²) in [5.41, 5.74) is 1.50. The summed E-state index contributed by atoms with van der Waals surface area (Å²) >= 11 is 6.44. The second-order valence-electron chi connectivity index (χ2n) is 6.84. The highest BCUT2D eigenvalue weighted by molar-refractivity contribution is 6.31. The Morgan fingerprint density at radius 3 is 2.50 bits per heavy atom. The van der Waals surface area contributed by atoms with E-state index in [4.69, 9.17) is 11.6 Å². The van der Waals surface area contributed by atoms with Gasteiger partial charge in [0.15, 0.2) is 0 Å². The Labute approximate surface area is 166 Å². The molecule has 1 N–H and O–H groups in total. The van der Waals surface area contributed by atoms with E-state index in [0.717, 1.165) is 35.6 Å². The minimum Gasteiger partial charge on any atom is -0.314 e. The molecule has 2 heterocycles. The maximum atomic E-state index is 13.4. The van der Waals surface area contributed by atoms with Crippen molar-refractivity contribution < 1.29 is 13.2 Å². The van der Waals surface area contributed by atoms with Gasteiger partial charge in [0.1, 0.15) is 0 Å². The zero-order valence-corrected chi connectivity index (χ0v) is 15.8. The van der Waals surface area contributed by atoms with Crippen LogP contribution in [0, 0.1) is 0 Å². The zero-order valence-electron chi connectivity index (χ0n) is 15.0. The molecule has 0 amide bonds. The van der Waals surface area contributed by atoms with Crippen LogP contribution in [0.5, 0.6) is 0 Å². The Kier molecular flexibility index (Phi) is 5.27. The molecule has 0 radical (unpaired) electrons. The lowest BCUT2D eigenvalue weighted by Gasteiger charge is -2.36. The summed E-state index contributed by atoms with van der Waals surface area (Å²) in [4.78, 5) is 6.58. The molecule has 1 saturated heterocycles. The van der Waals surface area contributed by atoms with Crippen molar-refractivity contribution in [2.75, 3.05) is 26.2 Å². The minimum atomic E-state index is -4.42. The smallest absolute Gasteiger partial charge is 0.314 e. The molecule has 1 aliphatic rings. The molecule has 1 aliphatic heterocycles. The molecule has 1 fully saturated rings. The number of halogens is 4. The lowest BCUT2D eigenvalue weighted by Crippen LogP contribution is -2.45. The molecule has 0 saturated carbocycles. The van der Waals surface area contributed by atoms with Crippen LogP contribution in [-0.2, 0) is 6.18 Å². The van der Waals surface area contributed by atoms with E-state index in [1.807, 2.05) is 30.3 Å². The normalized spacial score (nSPS) is 17.0. The average molecular weight is 406 g/mol. The summed E-state index contributed by atoms with van der Waals surface area (Å²) in [6.07, 6.45) is -2.72. The van der Waals surface area contributed by atoms with Crippen molar-refractivity contribution in [3.8, 4) is 0 Å². The van der Waals surface area contributed by atoms with E-state index in [2.05, 4.69) is 15.2 Å². The van der Waals surface area contributed by atoms with Crippen molar-refractivity contribution in [2.24, 2.45) is 0 Å². The Morgan fingerprint density at radius 2 is 1.75 bits per heavy atom. The summed E-state index contributed by atoms with van der Waals surface area (Å²) in [5.74, 6) is 0. The van der Waals surface area contributed by atoms with Gasteiger partial charge in [-0.05, 0) is 41.5 Å². The van der Waals surface area contributed by atoms with E-state index in [1.165, 1.54) is 12.1 Å². The van der Waals surface area contributed by atoms with Crippen LogP contribution in [0.3, 0.4) is 0 Å². The van der Waals surface area contributed by atoms with Gasteiger partial charge in [0, 0.05) is 42.8 Å². The molecule has 146 valence electrons. The molecule has 28 heavy (non-hydrogen) atoms. The van der Waals surface area contributed by atoms with E-state index >= 15 is 0 Å². The van der Waals surface area contributed by atoms with Crippen molar-refractivity contribution in [3.05, 3.63) is 76.4 Å². The van der Waals surface area contributed by atoms with E-state index < -0.39 is 11.7 Å². The first-order valence-electron chi connectivity index (χ1n) is 9.10. The largest absolute Gasteiger partial charge is 0.416 e. The molecule has 1 aromatic heterocycles. The van der Waals surface area contributed by atoms with Crippen LogP contribution in [0.15, 0.2) is 54.7 Å². The number of fused-ring (bicyclic) bond motifs is 1. The summed E-state index contributed by atoms with van der Waals surface area (Å²) in [6.45, 7) is 2.98. The number of pyridine rings is 1. The maximum absolute atomic E-state index is 13.4. The fourth-order valence-electron chi connectivity index (χ4n) is 3.79. The van der Waals surface area contributed by atoms with Crippen molar-refractivity contribution >= 4 is 22.5 Å². The third-order valence-corrected chi connectivity index (χ3v) is 5.46.